The number of carbonyl (C=O) groups excluding carboxylic acids is 1. The van der Waals surface area contributed by atoms with Crippen molar-refractivity contribution in [2.75, 3.05) is 11.1 Å². The smallest absolute Gasteiger partial charge is 0.303 e. The maximum Gasteiger partial charge on any atom is 0.303 e. The van der Waals surface area contributed by atoms with Crippen LogP contribution in [-0.2, 0) is 16.0 Å². The van der Waals surface area contributed by atoms with E-state index in [1.807, 2.05) is 48.5 Å². The Bertz CT molecular complexity index is 649. The minimum Gasteiger partial charge on any atom is -0.481 e. The summed E-state index contributed by atoms with van der Waals surface area (Å²) in [6.45, 7) is 0. The predicted octanol–water partition coefficient (Wildman–Crippen LogP) is 2.66. The number of carbonyl (C=O) groups is 2. The lowest BCUT2D eigenvalue weighted by Crippen LogP contribution is -2.13. The van der Waals surface area contributed by atoms with Crippen molar-refractivity contribution >= 4 is 23.3 Å². The van der Waals surface area contributed by atoms with E-state index in [1.165, 1.54) is 0 Å². The van der Waals surface area contributed by atoms with E-state index >= 15 is 0 Å². The summed E-state index contributed by atoms with van der Waals surface area (Å²) in [4.78, 5) is 21.9. The second kappa shape index (κ2) is 7.26. The first-order valence-corrected chi connectivity index (χ1v) is 6.98. The Morgan fingerprint density at radius 1 is 0.909 bits per heavy atom. The van der Waals surface area contributed by atoms with Crippen molar-refractivity contribution in [2.24, 2.45) is 0 Å². The van der Waals surface area contributed by atoms with Gasteiger partial charge in [0.15, 0.2) is 0 Å². The molecule has 2 aromatic carbocycles. The molecular formula is C17H18N2O3. The van der Waals surface area contributed by atoms with Crippen LogP contribution in [0, 0.1) is 0 Å². The lowest BCUT2D eigenvalue weighted by Gasteiger charge is -2.06. The molecule has 0 unspecified atom stereocenters. The number of rotatable bonds is 6. The molecule has 2 aromatic rings. The van der Waals surface area contributed by atoms with Crippen molar-refractivity contribution in [2.45, 2.75) is 19.3 Å². The largest absolute Gasteiger partial charge is 0.481 e. The zero-order valence-corrected chi connectivity index (χ0v) is 12.1. The molecule has 22 heavy (non-hydrogen) atoms. The summed E-state index contributed by atoms with van der Waals surface area (Å²) in [6, 6.07) is 15.2. The van der Waals surface area contributed by atoms with Gasteiger partial charge < -0.3 is 16.2 Å². The summed E-state index contributed by atoms with van der Waals surface area (Å²) in [5, 5.41) is 11.2. The van der Waals surface area contributed by atoms with Crippen LogP contribution >= 0.6 is 0 Å². The highest BCUT2D eigenvalue weighted by atomic mass is 16.4. The van der Waals surface area contributed by atoms with Crippen LogP contribution in [0.1, 0.15) is 24.0 Å². The maximum absolute atomic E-state index is 11.5. The Morgan fingerprint density at radius 3 is 2.00 bits per heavy atom. The van der Waals surface area contributed by atoms with Gasteiger partial charge in [-0.05, 0) is 41.8 Å². The lowest BCUT2D eigenvalue weighted by molar-refractivity contribution is -0.138. The Hall–Kier alpha value is -2.82. The van der Waals surface area contributed by atoms with E-state index in [4.69, 9.17) is 10.8 Å². The number of carboxylic acid groups (broad SMARTS) is 1. The van der Waals surface area contributed by atoms with Gasteiger partial charge in [0.1, 0.15) is 0 Å². The van der Waals surface area contributed by atoms with Crippen molar-refractivity contribution in [1.29, 1.82) is 0 Å². The summed E-state index contributed by atoms with van der Waals surface area (Å²) in [5.74, 6) is -1.28. The molecule has 1 amide bonds. The van der Waals surface area contributed by atoms with Crippen LogP contribution in [0.4, 0.5) is 11.4 Å². The molecule has 0 saturated carbocycles. The number of hydrogen-bond donors (Lipinski definition) is 3. The van der Waals surface area contributed by atoms with Crippen molar-refractivity contribution < 1.29 is 14.7 Å². The molecule has 0 aliphatic rings. The van der Waals surface area contributed by atoms with Crippen molar-refractivity contribution in [3.63, 3.8) is 0 Å². The normalized spacial score (nSPS) is 10.2. The molecule has 0 saturated heterocycles. The second-order valence-corrected chi connectivity index (χ2v) is 5.06. The summed E-state index contributed by atoms with van der Waals surface area (Å²) < 4.78 is 0. The van der Waals surface area contributed by atoms with E-state index in [0.29, 0.717) is 5.69 Å². The van der Waals surface area contributed by atoms with Crippen LogP contribution < -0.4 is 11.1 Å². The van der Waals surface area contributed by atoms with Gasteiger partial charge in [-0.25, -0.2) is 0 Å². The van der Waals surface area contributed by atoms with E-state index in [2.05, 4.69) is 5.32 Å². The average molecular weight is 298 g/mol. The number of hydrogen-bond acceptors (Lipinski definition) is 3. The summed E-state index contributed by atoms with van der Waals surface area (Å²) in [6.07, 6.45) is 0.594. The van der Waals surface area contributed by atoms with Crippen LogP contribution in [0.3, 0.4) is 0 Å². The zero-order chi connectivity index (χ0) is 15.9. The topological polar surface area (TPSA) is 92.4 Å². The molecule has 2 rings (SSSR count). The van der Waals surface area contributed by atoms with Crippen molar-refractivity contribution in [3.05, 3.63) is 59.7 Å². The number of anilines is 2. The highest BCUT2D eigenvalue weighted by Crippen LogP contribution is 2.15. The van der Waals surface area contributed by atoms with E-state index in [-0.39, 0.29) is 18.7 Å². The maximum atomic E-state index is 11.5. The minimum atomic E-state index is -0.978. The Kier molecular flexibility index (Phi) is 5.14. The van der Waals surface area contributed by atoms with Gasteiger partial charge in [0, 0.05) is 17.8 Å². The number of nitrogens with two attached hydrogens (primary N) is 1. The fourth-order valence-corrected chi connectivity index (χ4v) is 2.02. The highest BCUT2D eigenvalue weighted by molar-refractivity contribution is 5.92. The molecule has 5 nitrogen and oxygen atoms in total. The van der Waals surface area contributed by atoms with Crippen LogP contribution in [-0.4, -0.2) is 17.0 Å². The molecule has 0 radical (unpaired) electrons. The van der Waals surface area contributed by atoms with Crippen LogP contribution in [0.2, 0.25) is 0 Å². The number of amides is 1. The van der Waals surface area contributed by atoms with E-state index in [1.54, 1.807) is 0 Å². The van der Waals surface area contributed by atoms with Gasteiger partial charge in [0.25, 0.3) is 0 Å². The van der Waals surface area contributed by atoms with Crippen molar-refractivity contribution in [1.82, 2.24) is 0 Å². The van der Waals surface area contributed by atoms with Crippen LogP contribution in [0.25, 0.3) is 0 Å². The zero-order valence-electron chi connectivity index (χ0n) is 12.1. The third-order valence-corrected chi connectivity index (χ3v) is 3.19. The Balaban J connectivity index is 1.91. The molecule has 0 heterocycles. The number of nitrogens with one attached hydrogen (secondary N) is 1. The molecule has 0 aliphatic heterocycles. The fourth-order valence-electron chi connectivity index (χ4n) is 2.02. The highest BCUT2D eigenvalue weighted by Gasteiger charge is 2.05. The first kappa shape index (κ1) is 15.6. The minimum absolute atomic E-state index is 0.0253. The van der Waals surface area contributed by atoms with Gasteiger partial charge in [0.2, 0.25) is 5.91 Å². The Labute approximate surface area is 128 Å². The van der Waals surface area contributed by atoms with Crippen LogP contribution in [0.5, 0.6) is 0 Å². The first-order chi connectivity index (χ1) is 10.5. The standard InChI is InChI=1S/C17H18N2O3/c18-14-5-1-12(2-6-14)11-13-3-7-15(8-4-13)19-16(20)9-10-17(21)22/h1-8H,9-11,18H2,(H,19,20)(H,21,22). The third-order valence-electron chi connectivity index (χ3n) is 3.19. The molecule has 0 fully saturated rings. The fraction of sp³-hybridized carbons (Fsp3) is 0.176. The Morgan fingerprint density at radius 2 is 1.45 bits per heavy atom. The van der Waals surface area contributed by atoms with Gasteiger partial charge in [-0.3, -0.25) is 9.59 Å². The quantitative estimate of drug-likeness (QED) is 0.715. The number of nitrogen functional groups attached to an aromatic ring is 1. The first-order valence-electron chi connectivity index (χ1n) is 6.98. The molecule has 0 aromatic heterocycles. The van der Waals surface area contributed by atoms with Gasteiger partial charge in [0.05, 0.1) is 6.42 Å². The molecule has 0 atom stereocenters. The van der Waals surface area contributed by atoms with E-state index in [9.17, 15) is 9.59 Å². The third kappa shape index (κ3) is 4.94. The van der Waals surface area contributed by atoms with Crippen molar-refractivity contribution in [3.8, 4) is 0 Å². The number of benzene rings is 2. The van der Waals surface area contributed by atoms with Gasteiger partial charge in [-0.15, -0.1) is 0 Å². The molecule has 0 spiro atoms. The summed E-state index contributed by atoms with van der Waals surface area (Å²) >= 11 is 0. The number of aliphatic carboxylic acids is 1. The average Bonchev–Trinajstić information content (AvgIpc) is 2.49. The molecular weight excluding hydrogens is 280 g/mol. The summed E-state index contributed by atoms with van der Waals surface area (Å²) in [7, 11) is 0. The van der Waals surface area contributed by atoms with Crippen LogP contribution in [0.15, 0.2) is 48.5 Å². The summed E-state index contributed by atoms with van der Waals surface area (Å²) in [5.41, 5.74) is 9.33. The van der Waals surface area contributed by atoms with Gasteiger partial charge in [-0.1, -0.05) is 24.3 Å². The van der Waals surface area contributed by atoms with Gasteiger partial charge >= 0.3 is 5.97 Å². The molecule has 0 aliphatic carbocycles. The number of carboxylic acids is 1. The molecule has 5 heteroatoms. The van der Waals surface area contributed by atoms with E-state index < -0.39 is 5.97 Å². The monoisotopic (exact) mass is 298 g/mol. The van der Waals surface area contributed by atoms with Gasteiger partial charge in [-0.2, -0.15) is 0 Å². The molecule has 114 valence electrons. The molecule has 4 N–H and O–H groups in total. The molecule has 0 bridgehead atoms. The lowest BCUT2D eigenvalue weighted by atomic mass is 10.0. The predicted molar refractivity (Wildman–Crippen MR) is 85.6 cm³/mol. The SMILES string of the molecule is Nc1ccc(Cc2ccc(NC(=O)CCC(=O)O)cc2)cc1. The van der Waals surface area contributed by atoms with E-state index in [0.717, 1.165) is 23.2 Å². The second-order valence-electron chi connectivity index (χ2n) is 5.06.